The number of carbonyl (C=O) groups excluding carboxylic acids is 1. The maximum Gasteiger partial charge on any atom is 0.311 e. The summed E-state index contributed by atoms with van der Waals surface area (Å²) in [5, 5.41) is 11.0. The molecule has 5 heteroatoms. The Hall–Kier alpha value is -2.69. The highest BCUT2D eigenvalue weighted by atomic mass is 16.6. The maximum atomic E-state index is 11.0. The highest BCUT2D eigenvalue weighted by molar-refractivity contribution is 5.77. The first-order valence-electron chi connectivity index (χ1n) is 6.63. The quantitative estimate of drug-likeness (QED) is 0.480. The van der Waals surface area contributed by atoms with Gasteiger partial charge in [-0.05, 0) is 29.7 Å². The van der Waals surface area contributed by atoms with Crippen LogP contribution in [0.25, 0.3) is 0 Å². The minimum atomic E-state index is -0.531. The Kier molecular flexibility index (Phi) is 3.39. The SMILES string of the molecule is O=Cc1ccc(OCC2Cc3ccccc32)c([N+](=O)[O-])c1. The molecular formula is C16H13NO4. The lowest BCUT2D eigenvalue weighted by Gasteiger charge is -2.29. The van der Waals surface area contributed by atoms with Gasteiger partial charge in [0.25, 0.3) is 0 Å². The number of nitrogens with zero attached hydrogens (tertiary/aromatic N) is 1. The largest absolute Gasteiger partial charge is 0.486 e. The fraction of sp³-hybridized carbons (Fsp3) is 0.188. The van der Waals surface area contributed by atoms with E-state index in [4.69, 9.17) is 4.74 Å². The van der Waals surface area contributed by atoms with Crippen LogP contribution in [0.15, 0.2) is 42.5 Å². The molecule has 0 saturated heterocycles. The zero-order chi connectivity index (χ0) is 14.8. The Morgan fingerprint density at radius 2 is 2.10 bits per heavy atom. The molecule has 106 valence electrons. The monoisotopic (exact) mass is 283 g/mol. The van der Waals surface area contributed by atoms with E-state index in [1.807, 2.05) is 12.1 Å². The van der Waals surface area contributed by atoms with E-state index in [0.717, 1.165) is 6.42 Å². The second-order valence-electron chi connectivity index (χ2n) is 5.01. The van der Waals surface area contributed by atoms with Crippen molar-refractivity contribution in [3.8, 4) is 5.75 Å². The van der Waals surface area contributed by atoms with E-state index in [0.29, 0.717) is 12.9 Å². The Morgan fingerprint density at radius 1 is 1.29 bits per heavy atom. The predicted molar refractivity (Wildman–Crippen MR) is 76.9 cm³/mol. The van der Waals surface area contributed by atoms with Crippen molar-refractivity contribution in [2.75, 3.05) is 6.61 Å². The van der Waals surface area contributed by atoms with Gasteiger partial charge in [0.15, 0.2) is 5.75 Å². The molecule has 0 N–H and O–H groups in total. The van der Waals surface area contributed by atoms with E-state index in [-0.39, 0.29) is 22.9 Å². The van der Waals surface area contributed by atoms with Gasteiger partial charge in [0.1, 0.15) is 6.29 Å². The third kappa shape index (κ3) is 2.50. The second kappa shape index (κ2) is 5.36. The van der Waals surface area contributed by atoms with Crippen LogP contribution >= 0.6 is 0 Å². The molecule has 1 aliphatic rings. The predicted octanol–water partition coefficient (Wildman–Crippen LogP) is 3.13. The second-order valence-corrected chi connectivity index (χ2v) is 5.01. The average Bonchev–Trinajstić information content (AvgIpc) is 2.48. The molecule has 0 radical (unpaired) electrons. The van der Waals surface area contributed by atoms with Crippen molar-refractivity contribution in [3.05, 3.63) is 69.3 Å². The summed E-state index contributed by atoms with van der Waals surface area (Å²) in [7, 11) is 0. The van der Waals surface area contributed by atoms with Crippen LogP contribution in [0.2, 0.25) is 0 Å². The number of rotatable bonds is 5. The number of hydrogen-bond donors (Lipinski definition) is 0. The summed E-state index contributed by atoms with van der Waals surface area (Å²) in [6, 6.07) is 12.3. The molecule has 5 nitrogen and oxygen atoms in total. The van der Waals surface area contributed by atoms with Crippen molar-refractivity contribution in [1.82, 2.24) is 0 Å². The van der Waals surface area contributed by atoms with Crippen LogP contribution in [-0.2, 0) is 6.42 Å². The Bertz CT molecular complexity index is 711. The van der Waals surface area contributed by atoms with Crippen molar-refractivity contribution >= 4 is 12.0 Å². The van der Waals surface area contributed by atoms with Crippen molar-refractivity contribution < 1.29 is 14.5 Å². The number of fused-ring (bicyclic) bond motifs is 1. The lowest BCUT2D eigenvalue weighted by atomic mass is 9.78. The molecule has 2 aromatic carbocycles. The molecule has 3 rings (SSSR count). The van der Waals surface area contributed by atoms with Gasteiger partial charge >= 0.3 is 5.69 Å². The number of ether oxygens (including phenoxy) is 1. The van der Waals surface area contributed by atoms with Gasteiger partial charge in [0, 0.05) is 17.5 Å². The lowest BCUT2D eigenvalue weighted by Crippen LogP contribution is -2.23. The molecule has 0 heterocycles. The molecule has 0 bridgehead atoms. The van der Waals surface area contributed by atoms with Gasteiger partial charge in [-0.15, -0.1) is 0 Å². The van der Waals surface area contributed by atoms with Crippen LogP contribution in [0.5, 0.6) is 5.75 Å². The van der Waals surface area contributed by atoms with E-state index >= 15 is 0 Å². The van der Waals surface area contributed by atoms with Gasteiger partial charge in [-0.25, -0.2) is 0 Å². The van der Waals surface area contributed by atoms with Gasteiger partial charge in [0.05, 0.1) is 11.5 Å². The summed E-state index contributed by atoms with van der Waals surface area (Å²) in [5.41, 5.74) is 2.64. The van der Waals surface area contributed by atoms with Crippen LogP contribution < -0.4 is 4.74 Å². The third-order valence-corrected chi connectivity index (χ3v) is 3.72. The molecule has 0 aromatic heterocycles. The van der Waals surface area contributed by atoms with E-state index in [1.54, 1.807) is 0 Å². The molecule has 0 amide bonds. The van der Waals surface area contributed by atoms with Crippen LogP contribution in [0.3, 0.4) is 0 Å². The smallest absolute Gasteiger partial charge is 0.311 e. The third-order valence-electron chi connectivity index (χ3n) is 3.72. The Balaban J connectivity index is 1.74. The van der Waals surface area contributed by atoms with Crippen molar-refractivity contribution in [2.45, 2.75) is 12.3 Å². The van der Waals surface area contributed by atoms with E-state index in [2.05, 4.69) is 12.1 Å². The molecule has 1 atom stereocenters. The average molecular weight is 283 g/mol. The molecule has 0 saturated carbocycles. The summed E-state index contributed by atoms with van der Waals surface area (Å²) in [6.07, 6.45) is 1.51. The fourth-order valence-corrected chi connectivity index (χ4v) is 2.57. The minimum Gasteiger partial charge on any atom is -0.486 e. The lowest BCUT2D eigenvalue weighted by molar-refractivity contribution is -0.385. The van der Waals surface area contributed by atoms with Gasteiger partial charge in [0.2, 0.25) is 0 Å². The van der Waals surface area contributed by atoms with Crippen LogP contribution in [0.4, 0.5) is 5.69 Å². The molecule has 1 aliphatic carbocycles. The first-order valence-corrected chi connectivity index (χ1v) is 6.63. The highest BCUT2D eigenvalue weighted by Crippen LogP contribution is 2.36. The zero-order valence-corrected chi connectivity index (χ0v) is 11.2. The summed E-state index contributed by atoms with van der Waals surface area (Å²) >= 11 is 0. The topological polar surface area (TPSA) is 69.4 Å². The number of aldehydes is 1. The van der Waals surface area contributed by atoms with Gasteiger partial charge in [-0.2, -0.15) is 0 Å². The molecule has 0 aliphatic heterocycles. The fourth-order valence-electron chi connectivity index (χ4n) is 2.57. The minimum absolute atomic E-state index is 0.174. The number of benzene rings is 2. The molecule has 0 fully saturated rings. The van der Waals surface area contributed by atoms with Crippen molar-refractivity contribution in [3.63, 3.8) is 0 Å². The standard InChI is InChI=1S/C16H13NO4/c18-9-11-5-6-16(15(7-11)17(19)20)21-10-13-8-12-3-1-2-4-14(12)13/h1-7,9,13H,8,10H2. The summed E-state index contributed by atoms with van der Waals surface area (Å²) < 4.78 is 5.60. The van der Waals surface area contributed by atoms with Crippen molar-refractivity contribution in [2.24, 2.45) is 0 Å². The molecule has 0 spiro atoms. The normalized spacial score (nSPS) is 15.7. The number of nitro benzene ring substituents is 1. The number of hydrogen-bond acceptors (Lipinski definition) is 4. The van der Waals surface area contributed by atoms with E-state index in [1.165, 1.54) is 29.3 Å². The zero-order valence-electron chi connectivity index (χ0n) is 11.2. The molecule has 2 aromatic rings. The molecular weight excluding hydrogens is 270 g/mol. The van der Waals surface area contributed by atoms with Gasteiger partial charge < -0.3 is 4.74 Å². The van der Waals surface area contributed by atoms with E-state index < -0.39 is 4.92 Å². The summed E-state index contributed by atoms with van der Waals surface area (Å²) in [4.78, 5) is 21.2. The van der Waals surface area contributed by atoms with E-state index in [9.17, 15) is 14.9 Å². The first-order chi connectivity index (χ1) is 10.2. The van der Waals surface area contributed by atoms with Gasteiger partial charge in [-0.3, -0.25) is 14.9 Å². The molecule has 1 unspecified atom stereocenters. The Labute approximate surface area is 121 Å². The highest BCUT2D eigenvalue weighted by Gasteiger charge is 2.27. The summed E-state index contributed by atoms with van der Waals surface area (Å²) in [6.45, 7) is 0.401. The molecule has 21 heavy (non-hydrogen) atoms. The van der Waals surface area contributed by atoms with Crippen LogP contribution in [0, 0.1) is 10.1 Å². The van der Waals surface area contributed by atoms with Gasteiger partial charge in [-0.1, -0.05) is 24.3 Å². The maximum absolute atomic E-state index is 11.0. The number of nitro groups is 1. The van der Waals surface area contributed by atoms with Crippen molar-refractivity contribution in [1.29, 1.82) is 0 Å². The van der Waals surface area contributed by atoms with Crippen LogP contribution in [0.1, 0.15) is 27.4 Å². The Morgan fingerprint density at radius 3 is 2.81 bits per heavy atom. The van der Waals surface area contributed by atoms with Crippen LogP contribution in [-0.4, -0.2) is 17.8 Å². The first kappa shape index (κ1) is 13.3. The summed E-state index contributed by atoms with van der Waals surface area (Å²) in [5.74, 6) is 0.474. The number of carbonyl (C=O) groups is 1.